The first-order valence-electron chi connectivity index (χ1n) is 9.30. The standard InChI is InChI=1S/C23H22ClN3O3/c1-15(28)26-21-11-10-17(13-22(21)30-2)25-14-16-6-5-7-18(12-16)27-23(29)19-8-3-4-9-20(19)24/h3-13,25H,14H2,1-2H3,(H,26,28)(H,27,29). The molecule has 0 fully saturated rings. The molecule has 2 amide bonds. The van der Waals surface area contributed by atoms with Gasteiger partial charge in [0.25, 0.3) is 5.91 Å². The first-order chi connectivity index (χ1) is 14.5. The third-order valence-electron chi connectivity index (χ3n) is 4.31. The molecule has 3 N–H and O–H groups in total. The Balaban J connectivity index is 1.66. The van der Waals surface area contributed by atoms with Gasteiger partial charge in [0, 0.05) is 30.9 Å². The summed E-state index contributed by atoms with van der Waals surface area (Å²) in [5.74, 6) is 0.143. The summed E-state index contributed by atoms with van der Waals surface area (Å²) >= 11 is 6.09. The van der Waals surface area contributed by atoms with Crippen LogP contribution in [-0.4, -0.2) is 18.9 Å². The summed E-state index contributed by atoms with van der Waals surface area (Å²) in [6, 6.07) is 19.9. The molecule has 0 atom stereocenters. The number of ether oxygens (including phenoxy) is 1. The molecule has 0 aliphatic rings. The third kappa shape index (κ3) is 5.52. The smallest absolute Gasteiger partial charge is 0.257 e. The van der Waals surface area contributed by atoms with Crippen molar-refractivity contribution in [2.75, 3.05) is 23.1 Å². The van der Waals surface area contributed by atoms with E-state index in [9.17, 15) is 9.59 Å². The van der Waals surface area contributed by atoms with E-state index in [1.165, 1.54) is 6.92 Å². The lowest BCUT2D eigenvalue weighted by Gasteiger charge is -2.13. The first-order valence-corrected chi connectivity index (χ1v) is 9.68. The molecule has 30 heavy (non-hydrogen) atoms. The lowest BCUT2D eigenvalue weighted by Crippen LogP contribution is -2.12. The number of carbonyl (C=O) groups excluding carboxylic acids is 2. The molecule has 3 aromatic carbocycles. The number of amides is 2. The van der Waals surface area contributed by atoms with Gasteiger partial charge in [0.1, 0.15) is 5.75 Å². The van der Waals surface area contributed by atoms with E-state index in [0.717, 1.165) is 11.3 Å². The van der Waals surface area contributed by atoms with Crippen molar-refractivity contribution in [3.8, 4) is 5.75 Å². The SMILES string of the molecule is COc1cc(NCc2cccc(NC(=O)c3ccccc3Cl)c2)ccc1NC(C)=O. The van der Waals surface area contributed by atoms with Crippen molar-refractivity contribution in [1.29, 1.82) is 0 Å². The van der Waals surface area contributed by atoms with Gasteiger partial charge in [-0.05, 0) is 42.0 Å². The summed E-state index contributed by atoms with van der Waals surface area (Å²) in [5, 5.41) is 9.32. The van der Waals surface area contributed by atoms with Gasteiger partial charge in [-0.3, -0.25) is 9.59 Å². The summed E-state index contributed by atoms with van der Waals surface area (Å²) in [7, 11) is 1.55. The Morgan fingerprint density at radius 2 is 1.73 bits per heavy atom. The van der Waals surface area contributed by atoms with Crippen LogP contribution in [0.4, 0.5) is 17.1 Å². The summed E-state index contributed by atoms with van der Waals surface area (Å²) in [5.41, 5.74) is 3.54. The monoisotopic (exact) mass is 423 g/mol. The average Bonchev–Trinajstić information content (AvgIpc) is 2.73. The molecule has 0 spiro atoms. The topological polar surface area (TPSA) is 79.5 Å². The van der Waals surface area contributed by atoms with Crippen molar-refractivity contribution in [3.63, 3.8) is 0 Å². The van der Waals surface area contributed by atoms with Crippen LogP contribution in [-0.2, 0) is 11.3 Å². The first kappa shape index (κ1) is 21.2. The third-order valence-corrected chi connectivity index (χ3v) is 4.64. The number of benzene rings is 3. The molecule has 0 aromatic heterocycles. The normalized spacial score (nSPS) is 10.2. The molecule has 0 radical (unpaired) electrons. The average molecular weight is 424 g/mol. The van der Waals surface area contributed by atoms with E-state index < -0.39 is 0 Å². The predicted molar refractivity (Wildman–Crippen MR) is 120 cm³/mol. The Morgan fingerprint density at radius 1 is 0.933 bits per heavy atom. The molecule has 3 rings (SSSR count). The number of nitrogens with one attached hydrogen (secondary N) is 3. The Bertz CT molecular complexity index is 1070. The highest BCUT2D eigenvalue weighted by atomic mass is 35.5. The molecule has 0 aliphatic heterocycles. The molecule has 0 saturated carbocycles. The zero-order valence-corrected chi connectivity index (χ0v) is 17.4. The molecule has 0 aliphatic carbocycles. The summed E-state index contributed by atoms with van der Waals surface area (Å²) in [6.45, 7) is 1.99. The number of hydrogen-bond donors (Lipinski definition) is 3. The number of anilines is 3. The quantitative estimate of drug-likeness (QED) is 0.489. The fraction of sp³-hybridized carbons (Fsp3) is 0.130. The maximum atomic E-state index is 12.4. The zero-order chi connectivity index (χ0) is 21.5. The highest BCUT2D eigenvalue weighted by molar-refractivity contribution is 6.34. The van der Waals surface area contributed by atoms with Crippen molar-refractivity contribution in [3.05, 3.63) is 82.9 Å². The molecule has 154 valence electrons. The fourth-order valence-electron chi connectivity index (χ4n) is 2.90. The molecular formula is C23H22ClN3O3. The van der Waals surface area contributed by atoms with Gasteiger partial charge in [0.2, 0.25) is 5.91 Å². The molecule has 0 heterocycles. The molecule has 7 heteroatoms. The summed E-state index contributed by atoms with van der Waals surface area (Å²) in [4.78, 5) is 23.7. The second-order valence-corrected chi connectivity index (χ2v) is 6.99. The van der Waals surface area contributed by atoms with E-state index in [2.05, 4.69) is 16.0 Å². The van der Waals surface area contributed by atoms with Gasteiger partial charge in [0.05, 0.1) is 23.4 Å². The Hall–Kier alpha value is -3.51. The Labute approximate surface area is 180 Å². The maximum absolute atomic E-state index is 12.4. The van der Waals surface area contributed by atoms with Crippen molar-refractivity contribution < 1.29 is 14.3 Å². The van der Waals surface area contributed by atoms with E-state index in [4.69, 9.17) is 16.3 Å². The van der Waals surface area contributed by atoms with Crippen molar-refractivity contribution in [2.24, 2.45) is 0 Å². The maximum Gasteiger partial charge on any atom is 0.257 e. The van der Waals surface area contributed by atoms with Crippen LogP contribution >= 0.6 is 11.6 Å². The molecule has 0 bridgehead atoms. The van der Waals surface area contributed by atoms with Crippen molar-refractivity contribution >= 4 is 40.5 Å². The summed E-state index contributed by atoms with van der Waals surface area (Å²) < 4.78 is 5.34. The van der Waals surface area contributed by atoms with Crippen LogP contribution in [0.15, 0.2) is 66.7 Å². The van der Waals surface area contributed by atoms with Crippen LogP contribution in [0.1, 0.15) is 22.8 Å². The van der Waals surface area contributed by atoms with E-state index in [1.807, 2.05) is 36.4 Å². The van der Waals surface area contributed by atoms with E-state index in [1.54, 1.807) is 37.4 Å². The second kappa shape index (κ2) is 9.80. The number of methoxy groups -OCH3 is 1. The molecule has 0 saturated heterocycles. The van der Waals surface area contributed by atoms with Crippen LogP contribution in [0.5, 0.6) is 5.75 Å². The van der Waals surface area contributed by atoms with Gasteiger partial charge in [-0.1, -0.05) is 35.9 Å². The number of hydrogen-bond acceptors (Lipinski definition) is 4. The van der Waals surface area contributed by atoms with Gasteiger partial charge < -0.3 is 20.7 Å². The molecule has 6 nitrogen and oxygen atoms in total. The van der Waals surface area contributed by atoms with Crippen LogP contribution in [0.25, 0.3) is 0 Å². The minimum absolute atomic E-state index is 0.162. The molecular weight excluding hydrogens is 402 g/mol. The van der Waals surface area contributed by atoms with Crippen LogP contribution in [0.2, 0.25) is 5.02 Å². The van der Waals surface area contributed by atoms with Crippen LogP contribution in [0, 0.1) is 0 Å². The number of carbonyl (C=O) groups is 2. The zero-order valence-electron chi connectivity index (χ0n) is 16.7. The highest BCUT2D eigenvalue weighted by Crippen LogP contribution is 2.28. The van der Waals surface area contributed by atoms with Crippen LogP contribution < -0.4 is 20.7 Å². The predicted octanol–water partition coefficient (Wildman–Crippen LogP) is 5.17. The van der Waals surface area contributed by atoms with Gasteiger partial charge in [-0.15, -0.1) is 0 Å². The fourth-order valence-corrected chi connectivity index (χ4v) is 3.12. The molecule has 0 unspecified atom stereocenters. The lowest BCUT2D eigenvalue weighted by molar-refractivity contribution is -0.114. The Kier molecular flexibility index (Phi) is 6.93. The number of halogens is 1. The van der Waals surface area contributed by atoms with Crippen molar-refractivity contribution in [1.82, 2.24) is 0 Å². The Morgan fingerprint density at radius 3 is 2.47 bits per heavy atom. The minimum atomic E-state index is -0.260. The number of rotatable bonds is 7. The molecule has 3 aromatic rings. The lowest BCUT2D eigenvalue weighted by atomic mass is 10.1. The highest BCUT2D eigenvalue weighted by Gasteiger charge is 2.10. The van der Waals surface area contributed by atoms with E-state index in [-0.39, 0.29) is 11.8 Å². The minimum Gasteiger partial charge on any atom is -0.494 e. The van der Waals surface area contributed by atoms with Gasteiger partial charge in [-0.25, -0.2) is 0 Å². The van der Waals surface area contributed by atoms with E-state index >= 15 is 0 Å². The van der Waals surface area contributed by atoms with Gasteiger partial charge in [0.15, 0.2) is 0 Å². The second-order valence-electron chi connectivity index (χ2n) is 6.58. The van der Waals surface area contributed by atoms with E-state index in [0.29, 0.717) is 34.3 Å². The van der Waals surface area contributed by atoms with Gasteiger partial charge in [-0.2, -0.15) is 0 Å². The van der Waals surface area contributed by atoms with Gasteiger partial charge >= 0.3 is 0 Å². The van der Waals surface area contributed by atoms with Crippen LogP contribution in [0.3, 0.4) is 0 Å². The largest absolute Gasteiger partial charge is 0.494 e. The summed E-state index contributed by atoms with van der Waals surface area (Å²) in [6.07, 6.45) is 0. The van der Waals surface area contributed by atoms with Crippen molar-refractivity contribution in [2.45, 2.75) is 13.5 Å².